The third kappa shape index (κ3) is 200. The Morgan fingerprint density at radius 2 is 0.429 bits per heavy atom. The molecule has 0 aromatic carbocycles. The van der Waals surface area contributed by atoms with Crippen molar-refractivity contribution in [2.75, 3.05) is 0 Å². The van der Waals surface area contributed by atoms with E-state index >= 15 is 0 Å². The third-order valence-electron chi connectivity index (χ3n) is 0. The topological polar surface area (TPSA) is 140 Å². The molecule has 0 atom stereocenters. The first-order valence-corrected chi connectivity index (χ1v) is 0. The first kappa shape index (κ1) is 453. The van der Waals surface area contributed by atoms with Crippen LogP contribution in [-0.4, -0.2) is 0 Å². The number of halogens is 2. The van der Waals surface area contributed by atoms with Crippen LogP contribution in [0.5, 0.6) is 0 Å². The second-order valence-corrected chi connectivity index (χ2v) is 0. The Balaban J connectivity index is 0. The zero-order valence-corrected chi connectivity index (χ0v) is 6.40. The van der Waals surface area contributed by atoms with Crippen molar-refractivity contribution in [1.82, 2.24) is 24.6 Å². The monoisotopic (exact) mass is 196 g/mol. The van der Waals surface area contributed by atoms with E-state index in [2.05, 4.69) is 0 Å². The van der Waals surface area contributed by atoms with Gasteiger partial charge in [-0.3, -0.25) is 0 Å². The Labute approximate surface area is 66.3 Å². The maximum absolute atomic E-state index is 0. The molecular weight excluding hydrogens is 186 g/mol. The van der Waals surface area contributed by atoms with E-state index in [0.29, 0.717) is 0 Å². The van der Waals surface area contributed by atoms with Crippen LogP contribution < -0.4 is 49.4 Å². The molecule has 7 heteroatoms. The Bertz CT molecular complexity index is 9.65. The molecule has 0 radical (unpaired) electrons. The molecule has 0 aliphatic carbocycles. The number of rotatable bonds is 0. The summed E-state index contributed by atoms with van der Waals surface area (Å²) in [5.41, 5.74) is 0. The Morgan fingerprint density at radius 3 is 0.429 bits per heavy atom. The molecule has 12 N–H and O–H groups in total. The van der Waals surface area contributed by atoms with Gasteiger partial charge in [0.2, 0.25) is 0 Å². The molecule has 0 fully saturated rings. The maximum Gasteiger partial charge on any atom is 2.00 e. The van der Waals surface area contributed by atoms with E-state index < -0.39 is 0 Å². The van der Waals surface area contributed by atoms with E-state index in [9.17, 15) is 0 Å². The van der Waals surface area contributed by atoms with Crippen LogP contribution in [0, 0.1) is 0 Å². The molecule has 4 nitrogen and oxygen atoms in total. The molecule has 0 aromatic rings. The summed E-state index contributed by atoms with van der Waals surface area (Å²) in [6.45, 7) is 0. The fourth-order valence-corrected chi connectivity index (χ4v) is 0. The van der Waals surface area contributed by atoms with Gasteiger partial charge < -0.3 is 49.4 Å². The van der Waals surface area contributed by atoms with Crippen LogP contribution in [-0.2, 0) is 16.5 Å². The van der Waals surface area contributed by atoms with Crippen molar-refractivity contribution < 1.29 is 41.3 Å². The largest absolute Gasteiger partial charge is 2.00 e. The molecular formula is H12Cl2N4Ni. The van der Waals surface area contributed by atoms with Gasteiger partial charge in [-0.2, -0.15) is 0 Å². The summed E-state index contributed by atoms with van der Waals surface area (Å²) in [5.74, 6) is 0. The minimum atomic E-state index is 0. The van der Waals surface area contributed by atoms with Crippen LogP contribution in [0.15, 0.2) is 0 Å². The normalized spacial score (nSPS) is 0. The third-order valence-corrected chi connectivity index (χ3v) is 0. The van der Waals surface area contributed by atoms with Crippen molar-refractivity contribution >= 4 is 0 Å². The molecule has 0 rings (SSSR count). The second-order valence-electron chi connectivity index (χ2n) is 0. The minimum absolute atomic E-state index is 0. The first-order chi connectivity index (χ1) is 0. The Morgan fingerprint density at radius 1 is 0.429 bits per heavy atom. The van der Waals surface area contributed by atoms with E-state index in [-0.39, 0.29) is 65.9 Å². The van der Waals surface area contributed by atoms with E-state index in [1.165, 1.54) is 0 Å². The molecule has 0 aliphatic rings. The van der Waals surface area contributed by atoms with Crippen LogP contribution in [0.2, 0.25) is 0 Å². The summed E-state index contributed by atoms with van der Waals surface area (Å²) in [7, 11) is 0. The first-order valence-electron chi connectivity index (χ1n) is 0. The van der Waals surface area contributed by atoms with Gasteiger partial charge in [0.25, 0.3) is 0 Å². The summed E-state index contributed by atoms with van der Waals surface area (Å²) < 4.78 is 0. The van der Waals surface area contributed by atoms with Gasteiger partial charge in [-0.25, -0.2) is 0 Å². The molecule has 0 saturated heterocycles. The van der Waals surface area contributed by atoms with Gasteiger partial charge in [-0.1, -0.05) is 0 Å². The summed E-state index contributed by atoms with van der Waals surface area (Å²) in [5, 5.41) is 0. The zero-order valence-electron chi connectivity index (χ0n) is 3.90. The Hall–Kier alpha value is 0.914. The van der Waals surface area contributed by atoms with Gasteiger partial charge in [0.1, 0.15) is 0 Å². The zero-order chi connectivity index (χ0) is 0. The average molecular weight is 198 g/mol. The van der Waals surface area contributed by atoms with E-state index in [1.54, 1.807) is 0 Å². The average Bonchev–Trinajstić information content (AvgIpc) is 0. The molecule has 0 aliphatic heterocycles. The van der Waals surface area contributed by atoms with E-state index in [4.69, 9.17) is 0 Å². The summed E-state index contributed by atoms with van der Waals surface area (Å²) in [6, 6.07) is 0. The van der Waals surface area contributed by atoms with E-state index in [1.807, 2.05) is 0 Å². The molecule has 56 valence electrons. The smallest absolute Gasteiger partial charge is 1.00 e. The van der Waals surface area contributed by atoms with Gasteiger partial charge in [-0.15, -0.1) is 0 Å². The Kier molecular flexibility index (Phi) is 18800. The molecule has 0 spiro atoms. The predicted octanol–water partition coefficient (Wildman–Crippen LogP) is -5.35. The molecule has 0 unspecified atom stereocenters. The van der Waals surface area contributed by atoms with Crippen molar-refractivity contribution in [3.8, 4) is 0 Å². The standard InChI is InChI=1S/2ClH.4H3N.Ni/h2*1H;4*1H3;/q;;;;;;+2/p-2. The maximum atomic E-state index is 0. The van der Waals surface area contributed by atoms with Gasteiger partial charge in [0, 0.05) is 0 Å². The number of hydrogen-bond acceptors (Lipinski definition) is 4. The SMILES string of the molecule is N.N.N.N.[Cl-].[Cl-].[Ni+2]. The van der Waals surface area contributed by atoms with E-state index in [0.717, 1.165) is 0 Å². The minimum Gasteiger partial charge on any atom is -1.00 e. The van der Waals surface area contributed by atoms with Gasteiger partial charge in [-0.05, 0) is 0 Å². The van der Waals surface area contributed by atoms with Crippen LogP contribution in [0.25, 0.3) is 0 Å². The number of hydrogen-bond donors (Lipinski definition) is 4. The molecule has 0 saturated carbocycles. The summed E-state index contributed by atoms with van der Waals surface area (Å²) >= 11 is 0. The molecule has 0 aromatic heterocycles. The molecule has 0 amide bonds. The summed E-state index contributed by atoms with van der Waals surface area (Å²) in [6.07, 6.45) is 0. The fraction of sp³-hybridized carbons (Fsp3) is 0. The molecule has 0 heterocycles. The van der Waals surface area contributed by atoms with Crippen LogP contribution in [0.1, 0.15) is 0 Å². The van der Waals surface area contributed by atoms with Gasteiger partial charge >= 0.3 is 16.5 Å². The van der Waals surface area contributed by atoms with Gasteiger partial charge in [0.05, 0.1) is 0 Å². The van der Waals surface area contributed by atoms with Gasteiger partial charge in [0.15, 0.2) is 0 Å². The predicted molar refractivity (Wildman–Crippen MR) is 20.1 cm³/mol. The van der Waals surface area contributed by atoms with Crippen LogP contribution >= 0.6 is 0 Å². The van der Waals surface area contributed by atoms with Crippen molar-refractivity contribution in [1.29, 1.82) is 0 Å². The molecule has 0 bridgehead atoms. The van der Waals surface area contributed by atoms with Crippen LogP contribution in [0.3, 0.4) is 0 Å². The summed E-state index contributed by atoms with van der Waals surface area (Å²) in [4.78, 5) is 0. The second kappa shape index (κ2) is 290. The van der Waals surface area contributed by atoms with Crippen molar-refractivity contribution in [2.45, 2.75) is 0 Å². The molecule has 7 heavy (non-hydrogen) atoms. The quantitative estimate of drug-likeness (QED) is 0.288. The van der Waals surface area contributed by atoms with Crippen LogP contribution in [0.4, 0.5) is 0 Å². The van der Waals surface area contributed by atoms with Crippen molar-refractivity contribution in [3.63, 3.8) is 0 Å². The van der Waals surface area contributed by atoms with Crippen molar-refractivity contribution in [2.24, 2.45) is 0 Å². The van der Waals surface area contributed by atoms with Crippen molar-refractivity contribution in [3.05, 3.63) is 0 Å². The fourth-order valence-electron chi connectivity index (χ4n) is 0.